The quantitative estimate of drug-likeness (QED) is 0.728. The Morgan fingerprint density at radius 1 is 1.23 bits per heavy atom. The van der Waals surface area contributed by atoms with Gasteiger partial charge in [-0.1, -0.05) is 13.3 Å². The van der Waals surface area contributed by atoms with E-state index in [-0.39, 0.29) is 12.5 Å². The van der Waals surface area contributed by atoms with E-state index < -0.39 is 11.8 Å². The van der Waals surface area contributed by atoms with Gasteiger partial charge in [-0.15, -0.1) is 0 Å². The Bertz CT molecular complexity index is 151. The molecule has 0 aromatic carbocycles. The van der Waals surface area contributed by atoms with E-state index in [9.17, 15) is 13.9 Å². The normalized spacial score (nSPS) is 30.5. The van der Waals surface area contributed by atoms with Crippen LogP contribution in [0.4, 0.5) is 8.78 Å². The molecule has 0 bridgehead atoms. The molecule has 1 fully saturated rings. The van der Waals surface area contributed by atoms with Gasteiger partial charge < -0.3 is 5.11 Å². The number of aliphatic hydroxyl groups excluding tert-OH is 1. The molecule has 1 nitrogen and oxygen atoms in total. The highest BCUT2D eigenvalue weighted by Crippen LogP contribution is 2.39. The van der Waals surface area contributed by atoms with Gasteiger partial charge in [0.05, 0.1) is 6.10 Å². The summed E-state index contributed by atoms with van der Waals surface area (Å²) in [5.74, 6) is -3.00. The van der Waals surface area contributed by atoms with Crippen molar-refractivity contribution in [3.63, 3.8) is 0 Å². The maximum atomic E-state index is 13.4. The van der Waals surface area contributed by atoms with Crippen LogP contribution in [0, 0.1) is 5.92 Å². The van der Waals surface area contributed by atoms with Gasteiger partial charge in [0.25, 0.3) is 5.92 Å². The molecule has 13 heavy (non-hydrogen) atoms. The van der Waals surface area contributed by atoms with Crippen LogP contribution in [0.2, 0.25) is 0 Å². The topological polar surface area (TPSA) is 20.2 Å². The Balaban J connectivity index is 2.42. The van der Waals surface area contributed by atoms with E-state index in [1.165, 1.54) is 0 Å². The second-order valence-corrected chi connectivity index (χ2v) is 4.02. The molecular formula is C10H18F2O. The number of hydrogen-bond acceptors (Lipinski definition) is 1. The van der Waals surface area contributed by atoms with Crippen LogP contribution in [0.5, 0.6) is 0 Å². The van der Waals surface area contributed by atoms with Gasteiger partial charge in [0.2, 0.25) is 0 Å². The van der Waals surface area contributed by atoms with Gasteiger partial charge in [-0.05, 0) is 25.7 Å². The summed E-state index contributed by atoms with van der Waals surface area (Å²) >= 11 is 0. The zero-order chi connectivity index (χ0) is 9.90. The van der Waals surface area contributed by atoms with Gasteiger partial charge in [-0.3, -0.25) is 0 Å². The first-order valence-corrected chi connectivity index (χ1v) is 5.12. The van der Waals surface area contributed by atoms with Crippen LogP contribution in [-0.2, 0) is 0 Å². The van der Waals surface area contributed by atoms with Crippen molar-refractivity contribution >= 4 is 0 Å². The molecular weight excluding hydrogens is 174 g/mol. The third-order valence-corrected chi connectivity index (χ3v) is 2.88. The van der Waals surface area contributed by atoms with E-state index in [2.05, 4.69) is 0 Å². The summed E-state index contributed by atoms with van der Waals surface area (Å²) in [6, 6.07) is 0. The minimum absolute atomic E-state index is 0.00619. The summed E-state index contributed by atoms with van der Waals surface area (Å²) in [6.07, 6.45) is 2.24. The van der Waals surface area contributed by atoms with Gasteiger partial charge in [0.1, 0.15) is 0 Å². The van der Waals surface area contributed by atoms with E-state index in [4.69, 9.17) is 0 Å². The van der Waals surface area contributed by atoms with Crippen LogP contribution < -0.4 is 0 Å². The van der Waals surface area contributed by atoms with Gasteiger partial charge in [0, 0.05) is 12.3 Å². The third kappa shape index (κ3) is 2.90. The van der Waals surface area contributed by atoms with Crippen molar-refractivity contribution in [2.24, 2.45) is 5.92 Å². The van der Waals surface area contributed by atoms with E-state index >= 15 is 0 Å². The Morgan fingerprint density at radius 3 is 2.23 bits per heavy atom. The zero-order valence-electron chi connectivity index (χ0n) is 8.10. The minimum Gasteiger partial charge on any atom is -0.393 e. The van der Waals surface area contributed by atoms with Crippen LogP contribution in [0.3, 0.4) is 0 Å². The van der Waals surface area contributed by atoms with Gasteiger partial charge in [0.15, 0.2) is 0 Å². The number of rotatable bonds is 3. The number of aliphatic hydroxyl groups is 1. The molecule has 0 unspecified atom stereocenters. The molecule has 0 heterocycles. The molecule has 0 radical (unpaired) electrons. The molecule has 3 heteroatoms. The summed E-state index contributed by atoms with van der Waals surface area (Å²) in [6.45, 7) is 1.78. The highest BCUT2D eigenvalue weighted by atomic mass is 19.3. The first-order valence-electron chi connectivity index (χ1n) is 5.12. The molecule has 1 N–H and O–H groups in total. The lowest BCUT2D eigenvalue weighted by Crippen LogP contribution is -2.32. The van der Waals surface area contributed by atoms with Crippen molar-refractivity contribution in [2.45, 2.75) is 57.5 Å². The van der Waals surface area contributed by atoms with Crippen molar-refractivity contribution in [3.05, 3.63) is 0 Å². The Hall–Kier alpha value is -0.180. The van der Waals surface area contributed by atoms with Crippen molar-refractivity contribution in [1.82, 2.24) is 0 Å². The second-order valence-electron chi connectivity index (χ2n) is 4.02. The molecule has 0 spiro atoms. The van der Waals surface area contributed by atoms with E-state index in [1.54, 1.807) is 6.92 Å². The molecule has 0 aromatic rings. The predicted octanol–water partition coefficient (Wildman–Crippen LogP) is 2.97. The van der Waals surface area contributed by atoms with E-state index in [1.807, 2.05) is 0 Å². The summed E-state index contributed by atoms with van der Waals surface area (Å²) < 4.78 is 26.7. The maximum absolute atomic E-state index is 13.4. The van der Waals surface area contributed by atoms with Crippen molar-refractivity contribution < 1.29 is 13.9 Å². The van der Waals surface area contributed by atoms with Gasteiger partial charge >= 0.3 is 0 Å². The summed E-state index contributed by atoms with van der Waals surface area (Å²) in [4.78, 5) is 0. The summed E-state index contributed by atoms with van der Waals surface area (Å²) in [7, 11) is 0. The second kappa shape index (κ2) is 4.36. The Kier molecular flexibility index (Phi) is 3.65. The SMILES string of the molecule is CCCC(F)(F)[C@H]1CC[C@@H](O)CC1. The molecule has 1 aliphatic carbocycles. The lowest BCUT2D eigenvalue weighted by Gasteiger charge is -2.31. The minimum atomic E-state index is -2.51. The molecule has 0 aliphatic heterocycles. The van der Waals surface area contributed by atoms with Crippen LogP contribution in [0.1, 0.15) is 45.4 Å². The highest BCUT2D eigenvalue weighted by Gasteiger charge is 2.39. The molecule has 0 aromatic heterocycles. The van der Waals surface area contributed by atoms with Crippen LogP contribution in [-0.4, -0.2) is 17.1 Å². The molecule has 0 amide bonds. The van der Waals surface area contributed by atoms with Crippen LogP contribution in [0.25, 0.3) is 0 Å². The van der Waals surface area contributed by atoms with Crippen molar-refractivity contribution in [2.75, 3.05) is 0 Å². The first-order chi connectivity index (χ1) is 6.06. The number of halogens is 2. The number of alkyl halides is 2. The Labute approximate surface area is 78.1 Å². The molecule has 0 atom stereocenters. The fourth-order valence-corrected chi connectivity index (χ4v) is 2.04. The van der Waals surface area contributed by atoms with Crippen LogP contribution >= 0.6 is 0 Å². The fourth-order valence-electron chi connectivity index (χ4n) is 2.04. The van der Waals surface area contributed by atoms with Crippen molar-refractivity contribution in [3.8, 4) is 0 Å². The number of hydrogen-bond donors (Lipinski definition) is 1. The van der Waals surface area contributed by atoms with E-state index in [0.29, 0.717) is 32.1 Å². The largest absolute Gasteiger partial charge is 0.393 e. The standard InChI is InChI=1S/C10H18F2O/c1-2-7-10(11,12)8-3-5-9(13)6-4-8/h8-9,13H,2-7H2,1H3/t8-,9+. The zero-order valence-corrected chi connectivity index (χ0v) is 8.10. The molecule has 1 aliphatic rings. The predicted molar refractivity (Wildman–Crippen MR) is 47.8 cm³/mol. The fraction of sp³-hybridized carbons (Fsp3) is 1.00. The molecule has 78 valence electrons. The average molecular weight is 192 g/mol. The third-order valence-electron chi connectivity index (χ3n) is 2.88. The van der Waals surface area contributed by atoms with Crippen molar-refractivity contribution in [1.29, 1.82) is 0 Å². The smallest absolute Gasteiger partial charge is 0.250 e. The first kappa shape index (κ1) is 10.9. The average Bonchev–Trinajstić information content (AvgIpc) is 2.05. The molecule has 1 rings (SSSR count). The molecule has 0 saturated heterocycles. The van der Waals surface area contributed by atoms with Gasteiger partial charge in [-0.2, -0.15) is 0 Å². The molecule has 1 saturated carbocycles. The lowest BCUT2D eigenvalue weighted by molar-refractivity contribution is -0.0875. The Morgan fingerprint density at radius 2 is 1.77 bits per heavy atom. The van der Waals surface area contributed by atoms with Gasteiger partial charge in [-0.25, -0.2) is 8.78 Å². The monoisotopic (exact) mass is 192 g/mol. The maximum Gasteiger partial charge on any atom is 0.250 e. The van der Waals surface area contributed by atoms with E-state index in [0.717, 1.165) is 0 Å². The van der Waals surface area contributed by atoms with Crippen LogP contribution in [0.15, 0.2) is 0 Å². The highest BCUT2D eigenvalue weighted by molar-refractivity contribution is 4.82. The summed E-state index contributed by atoms with van der Waals surface area (Å²) in [5, 5.41) is 9.18. The lowest BCUT2D eigenvalue weighted by atomic mass is 9.82. The summed E-state index contributed by atoms with van der Waals surface area (Å²) in [5.41, 5.74) is 0.